The molecule has 1 aliphatic carbocycles. The van der Waals surface area contributed by atoms with E-state index in [1.165, 1.54) is 0 Å². The molecule has 2 aliphatic rings. The average Bonchev–Trinajstić information content (AvgIpc) is 3.26. The predicted molar refractivity (Wildman–Crippen MR) is 112 cm³/mol. The van der Waals surface area contributed by atoms with Gasteiger partial charge in [-0.15, -0.1) is 0 Å². The number of thiocarbonyl (C=S) groups is 1. The van der Waals surface area contributed by atoms with Gasteiger partial charge < -0.3 is 10.2 Å². The van der Waals surface area contributed by atoms with E-state index in [9.17, 15) is 4.79 Å². The monoisotopic (exact) mass is 397 g/mol. The lowest BCUT2D eigenvalue weighted by Gasteiger charge is -2.30. The number of nitrogens with one attached hydrogen (secondary N) is 1. The van der Waals surface area contributed by atoms with Crippen LogP contribution in [0.4, 0.5) is 0 Å². The molecule has 1 fully saturated rings. The lowest BCUT2D eigenvalue weighted by atomic mass is 9.75. The number of aromatic nitrogens is 3. The number of rotatable bonds is 3. The summed E-state index contributed by atoms with van der Waals surface area (Å²) in [5, 5.41) is 8.79. The van der Waals surface area contributed by atoms with Crippen LogP contribution in [0, 0.1) is 5.41 Å². The minimum atomic E-state index is -0.0567. The number of Topliss-reactive ketones (excluding diaryl/α,β-unsaturated/α-hetero) is 1. The Labute approximate surface area is 171 Å². The fourth-order valence-corrected chi connectivity index (χ4v) is 4.70. The molecule has 2 aromatic heterocycles. The highest BCUT2D eigenvalue weighted by Gasteiger charge is 2.40. The van der Waals surface area contributed by atoms with Gasteiger partial charge in [0.25, 0.3) is 0 Å². The second-order valence-corrected chi connectivity index (χ2v) is 8.92. The Bertz CT molecular complexity index is 905. The van der Waals surface area contributed by atoms with E-state index >= 15 is 0 Å². The Balaban J connectivity index is 1.79. The van der Waals surface area contributed by atoms with Gasteiger partial charge in [-0.2, -0.15) is 5.10 Å². The normalized spacial score (nSPS) is 20.9. The Morgan fingerprint density at radius 2 is 2.18 bits per heavy atom. The molecule has 4 rings (SSSR count). The van der Waals surface area contributed by atoms with E-state index in [0.717, 1.165) is 53.6 Å². The fraction of sp³-hybridized carbons (Fsp3) is 0.524. The van der Waals surface area contributed by atoms with Crippen LogP contribution in [0.25, 0.3) is 0 Å². The minimum absolute atomic E-state index is 0.0567. The second kappa shape index (κ2) is 7.28. The number of pyridine rings is 1. The number of carbonyl (C=O) groups excluding carboxylic acids is 1. The summed E-state index contributed by atoms with van der Waals surface area (Å²) in [6.45, 7) is 5.79. The minimum Gasteiger partial charge on any atom is -0.366 e. The van der Waals surface area contributed by atoms with Crippen molar-refractivity contribution in [2.45, 2.75) is 52.1 Å². The zero-order valence-corrected chi connectivity index (χ0v) is 17.6. The molecule has 1 atom stereocenters. The standard InChI is InChI=1S/C21H27N5OS/c1-21(2)11-16-18(17(27)12-21)19(15-8-6-10-25(15)20(28)22-3)24-26(16)13-14-7-4-5-9-23-14/h4-5,7,9,15H,6,8,10-13H2,1-3H3,(H,22,28)/t15-/m0/s1. The van der Waals surface area contributed by atoms with Crippen molar-refractivity contribution >= 4 is 23.1 Å². The first kappa shape index (κ1) is 19.1. The third-order valence-electron chi connectivity index (χ3n) is 5.73. The van der Waals surface area contributed by atoms with Crippen LogP contribution in [-0.4, -0.2) is 44.2 Å². The van der Waals surface area contributed by atoms with E-state index in [1.54, 1.807) is 6.20 Å². The van der Waals surface area contributed by atoms with Crippen molar-refractivity contribution in [3.63, 3.8) is 0 Å². The zero-order chi connectivity index (χ0) is 19.9. The number of carbonyl (C=O) groups is 1. The molecule has 1 N–H and O–H groups in total. The van der Waals surface area contributed by atoms with Crippen LogP contribution >= 0.6 is 12.2 Å². The van der Waals surface area contributed by atoms with E-state index in [0.29, 0.717) is 13.0 Å². The number of hydrogen-bond donors (Lipinski definition) is 1. The summed E-state index contributed by atoms with van der Waals surface area (Å²) in [4.78, 5) is 19.8. The molecule has 6 nitrogen and oxygen atoms in total. The maximum absolute atomic E-state index is 13.2. The highest BCUT2D eigenvalue weighted by atomic mass is 32.1. The first-order valence-corrected chi connectivity index (χ1v) is 10.3. The molecule has 3 heterocycles. The zero-order valence-electron chi connectivity index (χ0n) is 16.7. The van der Waals surface area contributed by atoms with Gasteiger partial charge in [-0.3, -0.25) is 14.5 Å². The molecule has 0 bridgehead atoms. The van der Waals surface area contributed by atoms with Gasteiger partial charge in [0.1, 0.15) is 0 Å². The molecular weight excluding hydrogens is 370 g/mol. The molecule has 0 saturated carbocycles. The van der Waals surface area contributed by atoms with Crippen LogP contribution in [0.5, 0.6) is 0 Å². The molecule has 0 unspecified atom stereocenters. The summed E-state index contributed by atoms with van der Waals surface area (Å²) in [6.07, 6.45) is 5.22. The van der Waals surface area contributed by atoms with Crippen molar-refractivity contribution in [2.24, 2.45) is 5.41 Å². The highest BCUT2D eigenvalue weighted by Crippen LogP contribution is 2.41. The number of ketones is 1. The number of fused-ring (bicyclic) bond motifs is 1. The predicted octanol–water partition coefficient (Wildman–Crippen LogP) is 3.12. The second-order valence-electron chi connectivity index (χ2n) is 8.53. The number of hydrogen-bond acceptors (Lipinski definition) is 4. The molecule has 28 heavy (non-hydrogen) atoms. The fourth-order valence-electron chi connectivity index (χ4n) is 4.49. The van der Waals surface area contributed by atoms with Gasteiger partial charge in [0.05, 0.1) is 35.2 Å². The van der Waals surface area contributed by atoms with E-state index in [1.807, 2.05) is 29.9 Å². The van der Waals surface area contributed by atoms with Crippen LogP contribution in [0.15, 0.2) is 24.4 Å². The van der Waals surface area contributed by atoms with E-state index in [4.69, 9.17) is 17.3 Å². The van der Waals surface area contributed by atoms with Gasteiger partial charge in [-0.25, -0.2) is 0 Å². The average molecular weight is 398 g/mol. The third kappa shape index (κ3) is 3.43. The Kier molecular flexibility index (Phi) is 4.95. The summed E-state index contributed by atoms with van der Waals surface area (Å²) in [5.41, 5.74) is 3.65. The maximum atomic E-state index is 13.2. The van der Waals surface area contributed by atoms with Gasteiger partial charge in [0, 0.05) is 26.2 Å². The SMILES string of the molecule is CNC(=S)N1CCC[C@H]1c1nn(Cc2ccccn2)c2c1C(=O)CC(C)(C)C2. The number of nitrogens with zero attached hydrogens (tertiary/aromatic N) is 4. The number of likely N-dealkylation sites (tertiary alicyclic amines) is 1. The lowest BCUT2D eigenvalue weighted by Crippen LogP contribution is -2.38. The Morgan fingerprint density at radius 3 is 2.89 bits per heavy atom. The Morgan fingerprint density at radius 1 is 1.36 bits per heavy atom. The van der Waals surface area contributed by atoms with Crippen molar-refractivity contribution < 1.29 is 4.79 Å². The van der Waals surface area contributed by atoms with Gasteiger partial charge in [0.15, 0.2) is 10.9 Å². The summed E-state index contributed by atoms with van der Waals surface area (Å²) < 4.78 is 2.00. The largest absolute Gasteiger partial charge is 0.366 e. The third-order valence-corrected chi connectivity index (χ3v) is 6.17. The first-order chi connectivity index (χ1) is 13.4. The van der Waals surface area contributed by atoms with Crippen molar-refractivity contribution in [2.75, 3.05) is 13.6 Å². The van der Waals surface area contributed by atoms with Gasteiger partial charge >= 0.3 is 0 Å². The Hall–Kier alpha value is -2.28. The lowest BCUT2D eigenvalue weighted by molar-refractivity contribution is 0.0908. The van der Waals surface area contributed by atoms with Crippen molar-refractivity contribution in [1.29, 1.82) is 0 Å². The van der Waals surface area contributed by atoms with Gasteiger partial charge in [0.2, 0.25) is 0 Å². The molecule has 0 spiro atoms. The van der Waals surface area contributed by atoms with Gasteiger partial charge in [-0.1, -0.05) is 19.9 Å². The summed E-state index contributed by atoms with van der Waals surface area (Å²) in [6, 6.07) is 5.96. The molecule has 0 aromatic carbocycles. The molecule has 7 heteroatoms. The summed E-state index contributed by atoms with van der Waals surface area (Å²) >= 11 is 5.51. The smallest absolute Gasteiger partial charge is 0.169 e. The molecule has 1 aliphatic heterocycles. The quantitative estimate of drug-likeness (QED) is 0.803. The van der Waals surface area contributed by atoms with Crippen LogP contribution in [-0.2, 0) is 13.0 Å². The first-order valence-electron chi connectivity index (χ1n) is 9.90. The highest BCUT2D eigenvalue weighted by molar-refractivity contribution is 7.80. The molecule has 0 radical (unpaired) electrons. The van der Waals surface area contributed by atoms with Crippen molar-refractivity contribution in [3.05, 3.63) is 47.0 Å². The van der Waals surface area contributed by atoms with Gasteiger partial charge in [-0.05, 0) is 49.0 Å². The summed E-state index contributed by atoms with van der Waals surface area (Å²) in [7, 11) is 1.85. The van der Waals surface area contributed by atoms with Crippen LogP contribution < -0.4 is 5.32 Å². The van der Waals surface area contributed by atoms with E-state index in [2.05, 4.69) is 29.0 Å². The van der Waals surface area contributed by atoms with Crippen molar-refractivity contribution in [1.82, 2.24) is 25.0 Å². The van der Waals surface area contributed by atoms with Crippen molar-refractivity contribution in [3.8, 4) is 0 Å². The maximum Gasteiger partial charge on any atom is 0.169 e. The summed E-state index contributed by atoms with van der Waals surface area (Å²) in [5.74, 6) is 0.204. The molecule has 2 aromatic rings. The topological polar surface area (TPSA) is 63.1 Å². The van der Waals surface area contributed by atoms with E-state index < -0.39 is 0 Å². The van der Waals surface area contributed by atoms with Crippen LogP contribution in [0.2, 0.25) is 0 Å². The van der Waals surface area contributed by atoms with Crippen LogP contribution in [0.1, 0.15) is 66.6 Å². The molecule has 0 amide bonds. The molecule has 1 saturated heterocycles. The van der Waals surface area contributed by atoms with E-state index in [-0.39, 0.29) is 17.2 Å². The van der Waals surface area contributed by atoms with Crippen LogP contribution in [0.3, 0.4) is 0 Å². The molecule has 148 valence electrons. The molecular formula is C21H27N5OS.